The Morgan fingerprint density at radius 1 is 1.05 bits per heavy atom. The maximum atomic E-state index is 12.1. The Morgan fingerprint density at radius 2 is 1.76 bits per heavy atom. The van der Waals surface area contributed by atoms with E-state index < -0.39 is 11.9 Å². The number of aliphatic carboxylic acids is 1. The van der Waals surface area contributed by atoms with Gasteiger partial charge in [-0.15, -0.1) is 0 Å². The van der Waals surface area contributed by atoms with Crippen molar-refractivity contribution in [2.75, 3.05) is 0 Å². The van der Waals surface area contributed by atoms with Crippen molar-refractivity contribution < 1.29 is 14.7 Å². The van der Waals surface area contributed by atoms with Crippen LogP contribution in [0.5, 0.6) is 0 Å². The van der Waals surface area contributed by atoms with Crippen LogP contribution < -0.4 is 5.32 Å². The third kappa shape index (κ3) is 4.29. The number of halogens is 1. The lowest BCUT2D eigenvalue weighted by Gasteiger charge is -2.06. The van der Waals surface area contributed by atoms with Gasteiger partial charge < -0.3 is 10.4 Å². The van der Waals surface area contributed by atoms with Gasteiger partial charge in [0.25, 0.3) is 5.91 Å². The Morgan fingerprint density at radius 3 is 2.38 bits per heavy atom. The minimum absolute atomic E-state index is 0.175. The van der Waals surface area contributed by atoms with Gasteiger partial charge in [-0.1, -0.05) is 52.3 Å². The van der Waals surface area contributed by atoms with Crippen molar-refractivity contribution in [2.24, 2.45) is 0 Å². The van der Waals surface area contributed by atoms with Crippen molar-refractivity contribution in [1.29, 1.82) is 0 Å². The van der Waals surface area contributed by atoms with Gasteiger partial charge in [0.2, 0.25) is 0 Å². The SMILES string of the molecule is O=C(O)C(=Cc1ccccc1)NC(=O)c1cccc(Br)c1. The lowest BCUT2D eigenvalue weighted by molar-refractivity contribution is -0.132. The van der Waals surface area contributed by atoms with Gasteiger partial charge in [0.05, 0.1) is 0 Å². The highest BCUT2D eigenvalue weighted by atomic mass is 79.9. The molecule has 2 aromatic rings. The quantitative estimate of drug-likeness (QED) is 0.835. The largest absolute Gasteiger partial charge is 0.477 e. The third-order valence-electron chi connectivity index (χ3n) is 2.68. The second kappa shape index (κ2) is 6.85. The lowest BCUT2D eigenvalue weighted by atomic mass is 10.1. The fourth-order valence-corrected chi connectivity index (χ4v) is 2.09. The van der Waals surface area contributed by atoms with Gasteiger partial charge in [0.15, 0.2) is 0 Å². The number of hydrogen-bond donors (Lipinski definition) is 2. The summed E-state index contributed by atoms with van der Waals surface area (Å²) in [5, 5.41) is 11.6. The third-order valence-corrected chi connectivity index (χ3v) is 3.17. The van der Waals surface area contributed by atoms with Crippen LogP contribution in [0, 0.1) is 0 Å². The highest BCUT2D eigenvalue weighted by molar-refractivity contribution is 9.10. The molecule has 4 nitrogen and oxygen atoms in total. The molecule has 1 amide bonds. The van der Waals surface area contributed by atoms with E-state index in [4.69, 9.17) is 0 Å². The molecule has 0 atom stereocenters. The number of amides is 1. The van der Waals surface area contributed by atoms with E-state index in [0.717, 1.165) is 4.47 Å². The second-order valence-corrected chi connectivity index (χ2v) is 5.15. The number of carbonyl (C=O) groups excluding carboxylic acids is 1. The van der Waals surface area contributed by atoms with E-state index in [0.29, 0.717) is 11.1 Å². The Labute approximate surface area is 130 Å². The molecule has 2 aromatic carbocycles. The smallest absolute Gasteiger partial charge is 0.352 e. The standard InChI is InChI=1S/C16H12BrNO3/c17-13-8-4-7-12(10-13)15(19)18-14(16(20)21)9-11-5-2-1-3-6-11/h1-10H,(H,18,19)(H,20,21). The summed E-state index contributed by atoms with van der Waals surface area (Å²) in [6.07, 6.45) is 1.41. The zero-order chi connectivity index (χ0) is 15.2. The average Bonchev–Trinajstić information content (AvgIpc) is 2.47. The van der Waals surface area contributed by atoms with Crippen molar-refractivity contribution in [2.45, 2.75) is 0 Å². The molecule has 2 rings (SSSR count). The number of hydrogen-bond acceptors (Lipinski definition) is 2. The maximum absolute atomic E-state index is 12.1. The Balaban J connectivity index is 2.23. The molecule has 0 fully saturated rings. The summed E-state index contributed by atoms with van der Waals surface area (Å²) in [4.78, 5) is 23.3. The first-order valence-electron chi connectivity index (χ1n) is 6.13. The van der Waals surface area contributed by atoms with Crippen LogP contribution in [-0.4, -0.2) is 17.0 Å². The van der Waals surface area contributed by atoms with Crippen molar-refractivity contribution >= 4 is 33.9 Å². The van der Waals surface area contributed by atoms with E-state index in [1.54, 1.807) is 48.5 Å². The van der Waals surface area contributed by atoms with Gasteiger partial charge in [-0.25, -0.2) is 4.79 Å². The van der Waals surface area contributed by atoms with Crippen molar-refractivity contribution in [3.63, 3.8) is 0 Å². The number of carboxylic acid groups (broad SMARTS) is 1. The van der Waals surface area contributed by atoms with Crippen LogP contribution in [0.2, 0.25) is 0 Å². The zero-order valence-corrected chi connectivity index (χ0v) is 12.5. The molecule has 0 aliphatic carbocycles. The lowest BCUT2D eigenvalue weighted by Crippen LogP contribution is -2.27. The molecule has 0 aliphatic heterocycles. The number of carbonyl (C=O) groups is 2. The number of rotatable bonds is 4. The number of nitrogens with one attached hydrogen (secondary N) is 1. The first kappa shape index (κ1) is 15.0. The predicted molar refractivity (Wildman–Crippen MR) is 83.7 cm³/mol. The first-order valence-corrected chi connectivity index (χ1v) is 6.92. The topological polar surface area (TPSA) is 66.4 Å². The van der Waals surface area contributed by atoms with Crippen molar-refractivity contribution in [3.8, 4) is 0 Å². The van der Waals surface area contributed by atoms with E-state index in [1.807, 2.05) is 6.07 Å². The van der Waals surface area contributed by atoms with Crippen molar-refractivity contribution in [3.05, 3.63) is 75.9 Å². The summed E-state index contributed by atoms with van der Waals surface area (Å²) >= 11 is 3.27. The molecule has 0 heterocycles. The molecule has 106 valence electrons. The number of benzene rings is 2. The minimum atomic E-state index is -1.19. The van der Waals surface area contributed by atoms with E-state index in [2.05, 4.69) is 21.2 Å². The highest BCUT2D eigenvalue weighted by Crippen LogP contribution is 2.12. The monoisotopic (exact) mass is 345 g/mol. The summed E-state index contributed by atoms with van der Waals surface area (Å²) < 4.78 is 0.749. The molecule has 21 heavy (non-hydrogen) atoms. The Hall–Kier alpha value is -2.40. The normalized spacial score (nSPS) is 11.0. The van der Waals surface area contributed by atoms with E-state index in [9.17, 15) is 14.7 Å². The molecular formula is C16H12BrNO3. The van der Waals surface area contributed by atoms with Crippen LogP contribution in [0.1, 0.15) is 15.9 Å². The van der Waals surface area contributed by atoms with Gasteiger partial charge in [0, 0.05) is 10.0 Å². The summed E-state index contributed by atoms with van der Waals surface area (Å²) in [6, 6.07) is 15.7. The van der Waals surface area contributed by atoms with Gasteiger partial charge in [-0.2, -0.15) is 0 Å². The number of carboxylic acids is 1. The molecule has 0 aliphatic rings. The average molecular weight is 346 g/mol. The van der Waals surface area contributed by atoms with Crippen LogP contribution in [0.25, 0.3) is 6.08 Å². The fraction of sp³-hybridized carbons (Fsp3) is 0. The first-order chi connectivity index (χ1) is 10.1. The van der Waals surface area contributed by atoms with Crippen LogP contribution in [0.4, 0.5) is 0 Å². The van der Waals surface area contributed by atoms with Crippen LogP contribution in [0.15, 0.2) is 64.8 Å². The minimum Gasteiger partial charge on any atom is -0.477 e. The summed E-state index contributed by atoms with van der Waals surface area (Å²) in [6.45, 7) is 0. The molecule has 0 saturated heterocycles. The van der Waals surface area contributed by atoms with Gasteiger partial charge in [-0.05, 0) is 29.8 Å². The second-order valence-electron chi connectivity index (χ2n) is 4.24. The molecule has 0 aromatic heterocycles. The van der Waals surface area contributed by atoms with E-state index >= 15 is 0 Å². The van der Waals surface area contributed by atoms with Crippen LogP contribution >= 0.6 is 15.9 Å². The Bertz CT molecular complexity index is 696. The summed E-state index contributed by atoms with van der Waals surface area (Å²) in [7, 11) is 0. The van der Waals surface area contributed by atoms with Crippen LogP contribution in [-0.2, 0) is 4.79 Å². The van der Waals surface area contributed by atoms with E-state index in [-0.39, 0.29) is 5.70 Å². The molecule has 0 saturated carbocycles. The van der Waals surface area contributed by atoms with Gasteiger partial charge in [-0.3, -0.25) is 4.79 Å². The summed E-state index contributed by atoms with van der Waals surface area (Å²) in [5.74, 6) is -1.66. The fourth-order valence-electron chi connectivity index (χ4n) is 1.69. The molecule has 5 heteroatoms. The Kier molecular flexibility index (Phi) is 4.90. The molecule has 2 N–H and O–H groups in total. The van der Waals surface area contributed by atoms with Gasteiger partial charge >= 0.3 is 5.97 Å². The van der Waals surface area contributed by atoms with E-state index in [1.165, 1.54) is 6.08 Å². The molecular weight excluding hydrogens is 334 g/mol. The van der Waals surface area contributed by atoms with Crippen LogP contribution in [0.3, 0.4) is 0 Å². The highest BCUT2D eigenvalue weighted by Gasteiger charge is 2.13. The molecule has 0 radical (unpaired) electrons. The molecule has 0 bridgehead atoms. The molecule has 0 unspecified atom stereocenters. The summed E-state index contributed by atoms with van der Waals surface area (Å²) in [5.41, 5.74) is 0.903. The van der Waals surface area contributed by atoms with Gasteiger partial charge in [0.1, 0.15) is 5.70 Å². The zero-order valence-electron chi connectivity index (χ0n) is 10.9. The molecule has 0 spiro atoms. The predicted octanol–water partition coefficient (Wildman–Crippen LogP) is 3.30. The maximum Gasteiger partial charge on any atom is 0.352 e. The van der Waals surface area contributed by atoms with Crippen molar-refractivity contribution in [1.82, 2.24) is 5.32 Å².